The van der Waals surface area contributed by atoms with Gasteiger partial charge >= 0.3 is 12.0 Å². The molecule has 2 amide bonds. The largest absolute Gasteiger partial charge is 0.497 e. The molecule has 1 aromatic heterocycles. The Balaban J connectivity index is 1.28. The van der Waals surface area contributed by atoms with E-state index in [2.05, 4.69) is 20.3 Å². The predicted octanol–water partition coefficient (Wildman–Crippen LogP) is 8.16. The zero-order valence-electron chi connectivity index (χ0n) is 33.2. The Kier molecular flexibility index (Phi) is 14.7. The number of carbonyl (C=O) groups excluding carboxylic acids is 1. The number of methoxy groups -OCH3 is 2. The lowest BCUT2D eigenvalue weighted by molar-refractivity contribution is -0.133. The lowest BCUT2D eigenvalue weighted by Gasteiger charge is -2.24. The molecule has 0 saturated carbocycles. The smallest absolute Gasteiger partial charge is 0.323 e. The average molecular weight is 833 g/mol. The molecule has 308 valence electrons. The minimum absolute atomic E-state index is 0.0467. The van der Waals surface area contributed by atoms with E-state index in [1.54, 1.807) is 49.7 Å². The van der Waals surface area contributed by atoms with Crippen molar-refractivity contribution in [2.24, 2.45) is 0 Å². The van der Waals surface area contributed by atoms with Gasteiger partial charge < -0.3 is 39.4 Å². The Morgan fingerprint density at radius 1 is 0.810 bits per heavy atom. The van der Waals surface area contributed by atoms with Crippen LogP contribution in [0.15, 0.2) is 85.1 Å². The van der Waals surface area contributed by atoms with Crippen molar-refractivity contribution in [2.75, 3.05) is 67.2 Å². The lowest BCUT2D eigenvalue weighted by Crippen LogP contribution is -2.22. The number of aliphatic carboxylic acids is 1. The number of rotatable bonds is 19. The second-order valence-corrected chi connectivity index (χ2v) is 17.0. The van der Waals surface area contributed by atoms with Gasteiger partial charge in [-0.15, -0.1) is 11.8 Å². The fraction of sp³-hybridized carbons (Fsp3) is 0.310. The standard InChI is InChI=1S/C42H48N4O10S2/c1-42(2,3)28-22-36(40(53-5)37(23-28)46-58(6,50)51)45-41(49)44-35-11-12-38(34-10-8-7-9-33(34)35)56-30-13-14-43-29(24-30)19-27-20-31(52-4)25-32(21-27)55-16-15-54-17-18-57-26-39(47)48/h7-14,20-25,46H,15-19,26H2,1-6H3,(H,47,48)(H2,44,45,49). The lowest BCUT2D eigenvalue weighted by atomic mass is 9.86. The molecule has 14 nitrogen and oxygen atoms in total. The number of hydrogen-bond donors (Lipinski definition) is 4. The molecule has 5 aromatic rings. The number of amides is 2. The molecule has 4 aromatic carbocycles. The Bertz CT molecular complexity index is 2350. The number of sulfonamides is 1. The van der Waals surface area contributed by atoms with Crippen LogP contribution in [0, 0.1) is 0 Å². The molecule has 0 aliphatic rings. The van der Waals surface area contributed by atoms with Crippen LogP contribution < -0.4 is 34.3 Å². The fourth-order valence-corrected chi connectivity index (χ4v) is 6.99. The summed E-state index contributed by atoms with van der Waals surface area (Å²) in [6.07, 6.45) is 3.20. The molecule has 16 heteroatoms. The van der Waals surface area contributed by atoms with Crippen molar-refractivity contribution in [1.82, 2.24) is 4.98 Å². The molecular weight excluding hydrogens is 785 g/mol. The number of nitrogens with zero attached hydrogens (tertiary/aromatic N) is 1. The highest BCUT2D eigenvalue weighted by molar-refractivity contribution is 7.99. The molecule has 5 rings (SSSR count). The van der Waals surface area contributed by atoms with E-state index < -0.39 is 22.0 Å². The number of fused-ring (bicyclic) bond motifs is 1. The fourth-order valence-electron chi connectivity index (χ4n) is 5.88. The number of aromatic nitrogens is 1. The van der Waals surface area contributed by atoms with E-state index in [4.69, 9.17) is 28.8 Å². The first-order chi connectivity index (χ1) is 27.6. The number of nitrogens with one attached hydrogen (secondary N) is 3. The molecule has 0 radical (unpaired) electrons. The van der Waals surface area contributed by atoms with Crippen LogP contribution in [0.3, 0.4) is 0 Å². The van der Waals surface area contributed by atoms with Gasteiger partial charge in [0.05, 0.1) is 56.5 Å². The molecule has 0 bridgehead atoms. The third-order valence-corrected chi connectivity index (χ3v) is 10.0. The number of benzene rings is 4. The monoisotopic (exact) mass is 832 g/mol. The normalized spacial score (nSPS) is 11.5. The van der Waals surface area contributed by atoms with Gasteiger partial charge in [-0.2, -0.15) is 0 Å². The number of hydrogen-bond acceptors (Lipinski definition) is 11. The minimum Gasteiger partial charge on any atom is -0.497 e. The van der Waals surface area contributed by atoms with Crippen LogP contribution in [0.4, 0.5) is 21.9 Å². The highest BCUT2D eigenvalue weighted by atomic mass is 32.2. The van der Waals surface area contributed by atoms with Crippen molar-refractivity contribution in [1.29, 1.82) is 0 Å². The Morgan fingerprint density at radius 2 is 1.53 bits per heavy atom. The van der Waals surface area contributed by atoms with E-state index in [-0.39, 0.29) is 22.6 Å². The predicted molar refractivity (Wildman–Crippen MR) is 228 cm³/mol. The van der Waals surface area contributed by atoms with E-state index in [0.717, 1.165) is 33.8 Å². The first-order valence-electron chi connectivity index (χ1n) is 18.2. The summed E-state index contributed by atoms with van der Waals surface area (Å²) in [5.74, 6) is 2.34. The first-order valence-corrected chi connectivity index (χ1v) is 21.3. The SMILES string of the molecule is COc1cc(Cc2cc(Oc3ccc(NC(=O)Nc4cc(C(C)(C)C)cc(NS(C)(=O)=O)c4OC)c4ccccc34)ccn2)cc(OCCOCCSCC(=O)O)c1. The third-order valence-electron chi connectivity index (χ3n) is 8.51. The summed E-state index contributed by atoms with van der Waals surface area (Å²) in [6, 6.07) is 23.2. The van der Waals surface area contributed by atoms with Crippen molar-refractivity contribution >= 4 is 61.6 Å². The van der Waals surface area contributed by atoms with Crippen LogP contribution in [0.1, 0.15) is 37.6 Å². The van der Waals surface area contributed by atoms with Crippen LogP contribution in [-0.4, -0.2) is 82.3 Å². The number of carboxylic acids is 1. The van der Waals surface area contributed by atoms with Gasteiger partial charge in [0.15, 0.2) is 5.75 Å². The maximum atomic E-state index is 13.5. The number of urea groups is 1. The highest BCUT2D eigenvalue weighted by Crippen LogP contribution is 2.40. The van der Waals surface area contributed by atoms with Crippen LogP contribution in [-0.2, 0) is 31.4 Å². The highest BCUT2D eigenvalue weighted by Gasteiger charge is 2.23. The van der Waals surface area contributed by atoms with Gasteiger partial charge in [0.2, 0.25) is 10.0 Å². The summed E-state index contributed by atoms with van der Waals surface area (Å²) in [5.41, 5.74) is 3.10. The molecule has 0 aliphatic heterocycles. The summed E-state index contributed by atoms with van der Waals surface area (Å²) >= 11 is 1.30. The van der Waals surface area contributed by atoms with Gasteiger partial charge in [0.25, 0.3) is 0 Å². The molecule has 58 heavy (non-hydrogen) atoms. The minimum atomic E-state index is -3.64. The van der Waals surface area contributed by atoms with Crippen molar-refractivity contribution in [3.8, 4) is 28.7 Å². The summed E-state index contributed by atoms with van der Waals surface area (Å²) in [4.78, 5) is 28.7. The molecule has 0 aliphatic carbocycles. The van der Waals surface area contributed by atoms with Crippen molar-refractivity contribution in [2.45, 2.75) is 32.6 Å². The van der Waals surface area contributed by atoms with E-state index in [0.29, 0.717) is 66.4 Å². The van der Waals surface area contributed by atoms with Crippen LogP contribution in [0.5, 0.6) is 28.7 Å². The van der Waals surface area contributed by atoms with Crippen LogP contribution in [0.2, 0.25) is 0 Å². The second kappa shape index (κ2) is 19.6. The molecule has 0 atom stereocenters. The molecule has 0 unspecified atom stereocenters. The summed E-state index contributed by atoms with van der Waals surface area (Å²) < 4.78 is 55.8. The molecule has 4 N–H and O–H groups in total. The first kappa shape index (κ1) is 43.4. The molecule has 1 heterocycles. The van der Waals surface area contributed by atoms with E-state index >= 15 is 0 Å². The van der Waals surface area contributed by atoms with Gasteiger partial charge in [0, 0.05) is 47.0 Å². The van der Waals surface area contributed by atoms with Gasteiger partial charge in [-0.1, -0.05) is 45.0 Å². The third kappa shape index (κ3) is 12.6. The van der Waals surface area contributed by atoms with Gasteiger partial charge in [-0.05, 0) is 59.0 Å². The quantitative estimate of drug-likeness (QED) is 0.0587. The number of pyridine rings is 1. The Morgan fingerprint density at radius 3 is 2.24 bits per heavy atom. The molecule has 0 fully saturated rings. The number of carboxylic acid groups (broad SMARTS) is 1. The number of thioether (sulfide) groups is 1. The van der Waals surface area contributed by atoms with E-state index in [1.807, 2.05) is 63.2 Å². The topological polar surface area (TPSA) is 184 Å². The molecule has 0 saturated heterocycles. The van der Waals surface area contributed by atoms with Gasteiger partial charge in [-0.25, -0.2) is 13.2 Å². The van der Waals surface area contributed by atoms with Crippen LogP contribution >= 0.6 is 11.8 Å². The van der Waals surface area contributed by atoms with Crippen molar-refractivity contribution in [3.63, 3.8) is 0 Å². The average Bonchev–Trinajstić information content (AvgIpc) is 3.15. The maximum Gasteiger partial charge on any atom is 0.323 e. The zero-order chi connectivity index (χ0) is 41.9. The summed E-state index contributed by atoms with van der Waals surface area (Å²) in [7, 11) is -0.650. The number of anilines is 3. The maximum absolute atomic E-state index is 13.5. The van der Waals surface area contributed by atoms with Gasteiger partial charge in [-0.3, -0.25) is 14.5 Å². The molecule has 0 spiro atoms. The summed E-state index contributed by atoms with van der Waals surface area (Å²) in [6.45, 7) is 7.05. The zero-order valence-corrected chi connectivity index (χ0v) is 34.8. The van der Waals surface area contributed by atoms with Crippen molar-refractivity contribution in [3.05, 3.63) is 102 Å². The van der Waals surface area contributed by atoms with E-state index in [9.17, 15) is 18.0 Å². The van der Waals surface area contributed by atoms with E-state index in [1.165, 1.54) is 18.9 Å². The Hall–Kier alpha value is -5.71. The van der Waals surface area contributed by atoms with Crippen LogP contribution in [0.25, 0.3) is 10.8 Å². The molecular formula is C42H48N4O10S2. The van der Waals surface area contributed by atoms with Crippen molar-refractivity contribution < 1.29 is 46.8 Å². The second-order valence-electron chi connectivity index (χ2n) is 14.2. The number of carbonyl (C=O) groups is 2. The Labute approximate surface area is 342 Å². The number of ether oxygens (including phenoxy) is 5. The van der Waals surface area contributed by atoms with Gasteiger partial charge in [0.1, 0.15) is 29.6 Å². The summed E-state index contributed by atoms with van der Waals surface area (Å²) in [5, 5.41) is 16.0.